The van der Waals surface area contributed by atoms with Crippen LogP contribution in [0.15, 0.2) is 24.3 Å². The van der Waals surface area contributed by atoms with Gasteiger partial charge in [0, 0.05) is 12.6 Å². The largest absolute Gasteiger partial charge is 1.00 e. The Labute approximate surface area is 134 Å². The molecule has 0 bridgehead atoms. The van der Waals surface area contributed by atoms with E-state index < -0.39 is 19.2 Å². The van der Waals surface area contributed by atoms with Crippen LogP contribution in [0.2, 0.25) is 0 Å². The first-order valence-corrected chi connectivity index (χ1v) is 4.45. The minimum Gasteiger partial charge on any atom is -0.449 e. The average molecular weight is 255 g/mol. The minimum atomic E-state index is -4.92. The Bertz CT molecular complexity index is 370. The van der Waals surface area contributed by atoms with Crippen LogP contribution < -0.4 is 56.7 Å². The van der Waals surface area contributed by atoms with E-state index in [0.717, 1.165) is 0 Å². The van der Waals surface area contributed by atoms with E-state index in [9.17, 15) is 17.7 Å². The second kappa shape index (κ2) is 6.81. The smallest absolute Gasteiger partial charge is 0.449 e. The molecular weight excluding hydrogens is 245 g/mol. The van der Waals surface area contributed by atoms with Crippen LogP contribution >= 0.6 is 0 Å². The van der Waals surface area contributed by atoms with Crippen molar-refractivity contribution in [3.8, 4) is 0 Å². The van der Waals surface area contributed by atoms with Crippen molar-refractivity contribution in [2.24, 2.45) is 0 Å². The molecule has 1 aromatic carbocycles. The van der Waals surface area contributed by atoms with Crippen LogP contribution in [-0.2, 0) is 6.32 Å². The van der Waals surface area contributed by atoms with Crippen LogP contribution in [0.3, 0.4) is 0 Å². The second-order valence-electron chi connectivity index (χ2n) is 3.15. The van der Waals surface area contributed by atoms with Crippen LogP contribution in [0.4, 0.5) is 12.9 Å². The zero-order valence-corrected chi connectivity index (χ0v) is 12.3. The molecule has 0 atom stereocenters. The third kappa shape index (κ3) is 5.01. The van der Waals surface area contributed by atoms with Gasteiger partial charge in [-0.25, -0.2) is 0 Å². The Morgan fingerprint density at radius 2 is 1.88 bits per heavy atom. The summed E-state index contributed by atoms with van der Waals surface area (Å²) in [5, 5.41) is 2.31. The summed E-state index contributed by atoms with van der Waals surface area (Å²) < 4.78 is 36.7. The Morgan fingerprint density at radius 1 is 1.31 bits per heavy atom. The maximum Gasteiger partial charge on any atom is 1.00 e. The quantitative estimate of drug-likeness (QED) is 0.688. The summed E-state index contributed by atoms with van der Waals surface area (Å²) in [5.74, 6) is -0.495. The van der Waals surface area contributed by atoms with E-state index in [1.807, 2.05) is 0 Å². The number of benzene rings is 1. The Morgan fingerprint density at radius 3 is 2.38 bits per heavy atom. The number of halogens is 3. The number of carbonyl (C=O) groups excluding carboxylic acids is 1. The van der Waals surface area contributed by atoms with Crippen LogP contribution in [0, 0.1) is 0 Å². The van der Waals surface area contributed by atoms with E-state index in [1.165, 1.54) is 31.3 Å². The van der Waals surface area contributed by atoms with Gasteiger partial charge in [-0.2, -0.15) is 0 Å². The van der Waals surface area contributed by atoms with Gasteiger partial charge in [0.05, 0.1) is 0 Å². The van der Waals surface area contributed by atoms with Crippen molar-refractivity contribution < 1.29 is 69.1 Å². The molecule has 0 saturated carbocycles. The molecule has 0 saturated heterocycles. The number of hydrogen-bond acceptors (Lipinski definition) is 1. The molecule has 0 aromatic heterocycles. The summed E-state index contributed by atoms with van der Waals surface area (Å²) >= 11 is 0. The predicted octanol–water partition coefficient (Wildman–Crippen LogP) is -1.02. The van der Waals surface area contributed by atoms with Gasteiger partial charge in [0.1, 0.15) is 0 Å². The maximum atomic E-state index is 12.2. The molecule has 0 unspecified atom stereocenters. The average Bonchev–Trinajstić information content (AvgIpc) is 2.15. The first-order valence-electron chi connectivity index (χ1n) is 4.45. The second-order valence-corrected chi connectivity index (χ2v) is 3.15. The molecule has 1 amide bonds. The monoisotopic (exact) mass is 255 g/mol. The van der Waals surface area contributed by atoms with Crippen molar-refractivity contribution in [3.05, 3.63) is 35.4 Å². The zero-order valence-electron chi connectivity index (χ0n) is 9.14. The van der Waals surface area contributed by atoms with Gasteiger partial charge in [0.2, 0.25) is 0 Å². The minimum absolute atomic E-state index is 0. The fraction of sp³-hybridized carbons (Fsp3) is 0.222. The molecule has 0 fully saturated rings. The van der Waals surface area contributed by atoms with Crippen molar-refractivity contribution in [2.45, 2.75) is 6.32 Å². The number of hydrogen-bond donors (Lipinski definition) is 1. The molecule has 1 N–H and O–H groups in total. The Hall–Kier alpha value is 0.181. The topological polar surface area (TPSA) is 29.1 Å². The van der Waals surface area contributed by atoms with Crippen molar-refractivity contribution in [1.82, 2.24) is 5.32 Å². The molecule has 7 heteroatoms. The van der Waals surface area contributed by atoms with Crippen LogP contribution in [0.1, 0.15) is 15.9 Å². The van der Waals surface area contributed by atoms with Crippen molar-refractivity contribution >= 4 is 12.9 Å². The first kappa shape index (κ1) is 16.2. The SMILES string of the molecule is CNC(=O)c1ccccc1C[B-](F)(F)F.[K+]. The molecule has 0 aliphatic rings. The summed E-state index contributed by atoms with van der Waals surface area (Å²) in [7, 11) is 1.39. The van der Waals surface area contributed by atoms with Gasteiger partial charge in [0.15, 0.2) is 0 Å². The first-order chi connectivity index (χ1) is 6.94. The van der Waals surface area contributed by atoms with Gasteiger partial charge in [-0.3, -0.25) is 4.79 Å². The van der Waals surface area contributed by atoms with Gasteiger partial charge in [-0.1, -0.05) is 30.1 Å². The fourth-order valence-electron chi connectivity index (χ4n) is 1.30. The molecule has 0 spiro atoms. The summed E-state index contributed by atoms with van der Waals surface area (Å²) in [6.07, 6.45) is -1.02. The molecule has 16 heavy (non-hydrogen) atoms. The fourth-order valence-corrected chi connectivity index (χ4v) is 1.30. The van der Waals surface area contributed by atoms with Crippen molar-refractivity contribution in [2.75, 3.05) is 7.05 Å². The van der Waals surface area contributed by atoms with Gasteiger partial charge in [-0.15, -0.1) is 0 Å². The summed E-state index contributed by atoms with van der Waals surface area (Å²) in [5.41, 5.74) is 0.101. The molecule has 82 valence electrons. The van der Waals surface area contributed by atoms with E-state index in [0.29, 0.717) is 0 Å². The third-order valence-corrected chi connectivity index (χ3v) is 1.94. The molecule has 1 aromatic rings. The van der Waals surface area contributed by atoms with Crippen molar-refractivity contribution in [3.63, 3.8) is 0 Å². The van der Waals surface area contributed by atoms with E-state index in [1.54, 1.807) is 0 Å². The van der Waals surface area contributed by atoms with Gasteiger partial charge >= 0.3 is 58.4 Å². The van der Waals surface area contributed by atoms with Crippen molar-refractivity contribution in [1.29, 1.82) is 0 Å². The third-order valence-electron chi connectivity index (χ3n) is 1.94. The van der Waals surface area contributed by atoms with Crippen LogP contribution in [-0.4, -0.2) is 19.9 Å². The predicted molar refractivity (Wildman–Crippen MR) is 52.6 cm³/mol. The van der Waals surface area contributed by atoms with E-state index in [2.05, 4.69) is 5.32 Å². The summed E-state index contributed by atoms with van der Waals surface area (Å²) in [6.45, 7) is -4.92. The zero-order chi connectivity index (χ0) is 11.5. The van der Waals surface area contributed by atoms with Crippen LogP contribution in [0.5, 0.6) is 0 Å². The number of amides is 1. The molecule has 2 nitrogen and oxygen atoms in total. The Balaban J connectivity index is 0.00000225. The maximum absolute atomic E-state index is 12.2. The molecule has 1 rings (SSSR count). The summed E-state index contributed by atoms with van der Waals surface area (Å²) in [6, 6.07) is 5.73. The number of nitrogens with one attached hydrogen (secondary N) is 1. The van der Waals surface area contributed by atoms with E-state index in [4.69, 9.17) is 0 Å². The van der Waals surface area contributed by atoms with E-state index >= 15 is 0 Å². The molecule has 0 heterocycles. The number of carbonyl (C=O) groups is 1. The van der Waals surface area contributed by atoms with Crippen LogP contribution in [0.25, 0.3) is 0 Å². The Kier molecular flexibility index (Phi) is 6.88. The van der Waals surface area contributed by atoms with E-state index in [-0.39, 0.29) is 62.5 Å². The molecule has 0 aliphatic heterocycles. The normalized spacial score (nSPS) is 10.5. The molecule has 0 aliphatic carbocycles. The summed E-state index contributed by atoms with van der Waals surface area (Å²) in [4.78, 5) is 11.2. The number of rotatable bonds is 3. The molecular formula is C9H10BF3KNO. The van der Waals surface area contributed by atoms with Gasteiger partial charge in [-0.05, 0) is 6.07 Å². The van der Waals surface area contributed by atoms with Gasteiger partial charge in [0.25, 0.3) is 5.91 Å². The van der Waals surface area contributed by atoms with Gasteiger partial charge < -0.3 is 18.3 Å². The molecule has 0 radical (unpaired) electrons. The standard InChI is InChI=1S/C9H10BF3NO.K/c1-14-9(15)8-5-3-2-4-7(8)6-10(11,12)13;/h2-5H,6H2,1H3,(H,14,15);/q-1;+1.